The highest BCUT2D eigenvalue weighted by Crippen LogP contribution is 2.24. The second-order valence-corrected chi connectivity index (χ2v) is 4.39. The number of thiophene rings is 1. The van der Waals surface area contributed by atoms with E-state index in [0.717, 1.165) is 18.4 Å². The Morgan fingerprint density at radius 2 is 2.33 bits per heavy atom. The first kappa shape index (κ1) is 10.6. The van der Waals surface area contributed by atoms with E-state index in [1.807, 2.05) is 12.3 Å². The van der Waals surface area contributed by atoms with Gasteiger partial charge in [0.1, 0.15) is 0 Å². The predicted octanol–water partition coefficient (Wildman–Crippen LogP) is 3.28. The van der Waals surface area contributed by atoms with E-state index in [-0.39, 0.29) is 0 Å². The molecular formula is C10H11ClN2OS. The van der Waals surface area contributed by atoms with E-state index >= 15 is 0 Å². The number of nitrogens with zero attached hydrogens (tertiary/aromatic N) is 2. The Labute approximate surface area is 97.1 Å². The van der Waals surface area contributed by atoms with Crippen molar-refractivity contribution in [2.24, 2.45) is 0 Å². The number of aromatic nitrogens is 2. The lowest BCUT2D eigenvalue weighted by molar-refractivity contribution is 0.378. The molecule has 0 aliphatic heterocycles. The quantitative estimate of drug-likeness (QED) is 0.773. The van der Waals surface area contributed by atoms with E-state index in [4.69, 9.17) is 16.1 Å². The minimum atomic E-state index is 0.620. The summed E-state index contributed by atoms with van der Waals surface area (Å²) < 4.78 is 5.13. The zero-order valence-electron chi connectivity index (χ0n) is 8.36. The third-order valence-corrected chi connectivity index (χ3v) is 3.22. The summed E-state index contributed by atoms with van der Waals surface area (Å²) in [7, 11) is 0. The smallest absolute Gasteiger partial charge is 0.227 e. The highest BCUT2D eigenvalue weighted by atomic mass is 35.5. The van der Waals surface area contributed by atoms with Gasteiger partial charge in [-0.3, -0.25) is 0 Å². The van der Waals surface area contributed by atoms with Crippen LogP contribution >= 0.6 is 22.9 Å². The predicted molar refractivity (Wildman–Crippen MR) is 61.4 cm³/mol. The Morgan fingerprint density at radius 3 is 3.00 bits per heavy atom. The summed E-state index contributed by atoms with van der Waals surface area (Å²) >= 11 is 7.24. The second-order valence-electron chi connectivity index (χ2n) is 3.27. The zero-order valence-corrected chi connectivity index (χ0v) is 9.94. The van der Waals surface area contributed by atoms with Gasteiger partial charge in [-0.05, 0) is 24.3 Å². The van der Waals surface area contributed by atoms with Crippen molar-refractivity contribution in [2.45, 2.75) is 19.8 Å². The van der Waals surface area contributed by atoms with E-state index in [2.05, 4.69) is 15.5 Å². The molecule has 2 aromatic rings. The maximum absolute atomic E-state index is 5.59. The summed E-state index contributed by atoms with van der Waals surface area (Å²) in [5.41, 5.74) is 2.24. The largest absolute Gasteiger partial charge is 0.339 e. The van der Waals surface area contributed by atoms with Gasteiger partial charge >= 0.3 is 0 Å². The molecule has 5 heteroatoms. The second kappa shape index (κ2) is 4.77. The summed E-state index contributed by atoms with van der Waals surface area (Å²) in [5.74, 6) is 1.96. The molecule has 0 bridgehead atoms. The third kappa shape index (κ3) is 2.38. The lowest BCUT2D eigenvalue weighted by atomic mass is 10.2. The van der Waals surface area contributed by atoms with Crippen molar-refractivity contribution in [1.82, 2.24) is 10.1 Å². The van der Waals surface area contributed by atoms with Crippen LogP contribution < -0.4 is 0 Å². The molecule has 0 unspecified atom stereocenters. The number of hydrogen-bond acceptors (Lipinski definition) is 4. The molecule has 2 heterocycles. The lowest BCUT2D eigenvalue weighted by Gasteiger charge is -1.89. The van der Waals surface area contributed by atoms with Crippen molar-refractivity contribution in [1.29, 1.82) is 0 Å². The van der Waals surface area contributed by atoms with Gasteiger partial charge in [-0.15, -0.1) is 11.6 Å². The molecule has 0 amide bonds. The summed E-state index contributed by atoms with van der Waals surface area (Å²) in [4.78, 5) is 4.32. The first-order valence-electron chi connectivity index (χ1n) is 4.73. The van der Waals surface area contributed by atoms with Crippen LogP contribution in [0.5, 0.6) is 0 Å². The van der Waals surface area contributed by atoms with Gasteiger partial charge < -0.3 is 4.52 Å². The fourth-order valence-electron chi connectivity index (χ4n) is 1.27. The van der Waals surface area contributed by atoms with Gasteiger partial charge in [0.25, 0.3) is 0 Å². The van der Waals surface area contributed by atoms with Crippen LogP contribution in [0.25, 0.3) is 11.4 Å². The molecule has 0 radical (unpaired) electrons. The summed E-state index contributed by atoms with van der Waals surface area (Å²) in [6.07, 6.45) is 1.62. The Morgan fingerprint density at radius 1 is 1.47 bits per heavy atom. The SMILES string of the molecule is Cc1cscc1-c1noc(CCCCl)n1. The van der Waals surface area contributed by atoms with E-state index in [1.165, 1.54) is 5.56 Å². The Hall–Kier alpha value is -0.870. The number of alkyl halides is 1. The van der Waals surface area contributed by atoms with Crippen molar-refractivity contribution >= 4 is 22.9 Å². The number of halogens is 1. The molecule has 0 spiro atoms. The number of rotatable bonds is 4. The molecule has 0 atom stereocenters. The van der Waals surface area contributed by atoms with E-state index < -0.39 is 0 Å². The monoisotopic (exact) mass is 242 g/mol. The van der Waals surface area contributed by atoms with Gasteiger partial charge in [0.05, 0.1) is 0 Å². The Balaban J connectivity index is 2.17. The average Bonchev–Trinajstić information content (AvgIpc) is 2.83. The van der Waals surface area contributed by atoms with Crippen LogP contribution in [-0.4, -0.2) is 16.0 Å². The molecule has 3 nitrogen and oxygen atoms in total. The summed E-state index contributed by atoms with van der Waals surface area (Å²) in [5, 5.41) is 8.06. The molecule has 80 valence electrons. The maximum Gasteiger partial charge on any atom is 0.227 e. The fraction of sp³-hybridized carbons (Fsp3) is 0.400. The average molecular weight is 243 g/mol. The van der Waals surface area contributed by atoms with Crippen LogP contribution in [0, 0.1) is 6.92 Å². The van der Waals surface area contributed by atoms with Gasteiger partial charge in [-0.2, -0.15) is 16.3 Å². The van der Waals surface area contributed by atoms with Crippen molar-refractivity contribution in [2.75, 3.05) is 5.88 Å². The van der Waals surface area contributed by atoms with Gasteiger partial charge in [0.15, 0.2) is 0 Å². The van der Waals surface area contributed by atoms with Crippen LogP contribution in [0.2, 0.25) is 0 Å². The fourth-order valence-corrected chi connectivity index (χ4v) is 2.23. The van der Waals surface area contributed by atoms with E-state index in [0.29, 0.717) is 17.6 Å². The molecule has 0 saturated carbocycles. The van der Waals surface area contributed by atoms with Crippen LogP contribution in [-0.2, 0) is 6.42 Å². The minimum absolute atomic E-state index is 0.620. The van der Waals surface area contributed by atoms with Gasteiger partial charge in [0, 0.05) is 23.2 Å². The molecular weight excluding hydrogens is 232 g/mol. The van der Waals surface area contributed by atoms with Crippen molar-refractivity contribution in [3.8, 4) is 11.4 Å². The van der Waals surface area contributed by atoms with E-state index in [9.17, 15) is 0 Å². The van der Waals surface area contributed by atoms with Crippen molar-refractivity contribution in [3.05, 3.63) is 22.2 Å². The van der Waals surface area contributed by atoms with Crippen LogP contribution in [0.15, 0.2) is 15.3 Å². The zero-order chi connectivity index (χ0) is 10.7. The van der Waals surface area contributed by atoms with Crippen LogP contribution in [0.3, 0.4) is 0 Å². The number of hydrogen-bond donors (Lipinski definition) is 0. The summed E-state index contributed by atoms with van der Waals surface area (Å²) in [6, 6.07) is 0. The highest BCUT2D eigenvalue weighted by molar-refractivity contribution is 7.08. The molecule has 0 saturated heterocycles. The maximum atomic E-state index is 5.59. The van der Waals surface area contributed by atoms with Crippen molar-refractivity contribution < 1.29 is 4.52 Å². The number of aryl methyl sites for hydroxylation is 2. The van der Waals surface area contributed by atoms with Gasteiger partial charge in [-0.25, -0.2) is 0 Å². The first-order chi connectivity index (χ1) is 7.31. The highest BCUT2D eigenvalue weighted by Gasteiger charge is 2.10. The molecule has 15 heavy (non-hydrogen) atoms. The standard InChI is InChI=1S/C10H11ClN2OS/c1-7-5-15-6-8(7)10-12-9(14-13-10)3-2-4-11/h5-6H,2-4H2,1H3. The molecule has 0 aliphatic carbocycles. The Kier molecular flexibility index (Phi) is 3.38. The van der Waals surface area contributed by atoms with Crippen molar-refractivity contribution in [3.63, 3.8) is 0 Å². The molecule has 2 rings (SSSR count). The molecule has 0 aliphatic rings. The lowest BCUT2D eigenvalue weighted by Crippen LogP contribution is -1.86. The van der Waals surface area contributed by atoms with Crippen LogP contribution in [0.1, 0.15) is 17.9 Å². The van der Waals surface area contributed by atoms with Gasteiger partial charge in [0.2, 0.25) is 11.7 Å². The van der Waals surface area contributed by atoms with E-state index in [1.54, 1.807) is 11.3 Å². The van der Waals surface area contributed by atoms with Crippen LogP contribution in [0.4, 0.5) is 0 Å². The molecule has 0 aromatic carbocycles. The molecule has 0 N–H and O–H groups in total. The molecule has 2 aromatic heterocycles. The topological polar surface area (TPSA) is 38.9 Å². The van der Waals surface area contributed by atoms with Gasteiger partial charge in [-0.1, -0.05) is 5.16 Å². The third-order valence-electron chi connectivity index (χ3n) is 2.09. The molecule has 0 fully saturated rings. The normalized spacial score (nSPS) is 10.8. The Bertz CT molecular complexity index is 438. The minimum Gasteiger partial charge on any atom is -0.339 e. The summed E-state index contributed by atoms with van der Waals surface area (Å²) in [6.45, 7) is 2.04. The first-order valence-corrected chi connectivity index (χ1v) is 6.20.